The summed E-state index contributed by atoms with van der Waals surface area (Å²) in [7, 11) is 1.74. The number of anilines is 3. The van der Waals surface area contributed by atoms with Crippen LogP contribution in [0.25, 0.3) is 11.1 Å². The van der Waals surface area contributed by atoms with Crippen molar-refractivity contribution < 1.29 is 9.53 Å². The molecule has 7 heterocycles. The quantitative estimate of drug-likeness (QED) is 0.487. The van der Waals surface area contributed by atoms with Gasteiger partial charge in [-0.15, -0.1) is 0 Å². The summed E-state index contributed by atoms with van der Waals surface area (Å²) >= 11 is 0. The zero-order valence-corrected chi connectivity index (χ0v) is 21.2. The van der Waals surface area contributed by atoms with Crippen LogP contribution < -0.4 is 16.0 Å². The van der Waals surface area contributed by atoms with Gasteiger partial charge in [0.2, 0.25) is 11.9 Å². The number of aromatic nitrogens is 3. The molecule has 3 N–H and O–H groups in total. The molecule has 1 aromatic carbocycles. The van der Waals surface area contributed by atoms with Gasteiger partial charge in [-0.1, -0.05) is 12.1 Å². The Balaban J connectivity index is 1.38. The highest BCUT2D eigenvalue weighted by Crippen LogP contribution is 2.24. The Bertz CT molecular complexity index is 1190. The molecular weight excluding hydrogens is 468 g/mol. The first kappa shape index (κ1) is 25.1. The van der Waals surface area contributed by atoms with Crippen LogP contribution in [0.4, 0.5) is 17.5 Å². The van der Waals surface area contributed by atoms with Gasteiger partial charge in [0.1, 0.15) is 5.82 Å². The number of nitrogens with one attached hydrogen (secondary N) is 3. The molecule has 0 spiro atoms. The molecule has 8 rings (SSSR count). The van der Waals surface area contributed by atoms with Gasteiger partial charge < -0.3 is 20.7 Å². The summed E-state index contributed by atoms with van der Waals surface area (Å²) in [5, 5.41) is 9.71. The number of carbonyl (C=O) groups excluding carboxylic acids is 1. The second kappa shape index (κ2) is 12.1. The van der Waals surface area contributed by atoms with E-state index in [2.05, 4.69) is 58.9 Å². The van der Waals surface area contributed by atoms with Crippen molar-refractivity contribution in [1.82, 2.24) is 30.1 Å². The fraction of sp³-hybridized carbons (Fsp3) is 0.407. The predicted molar refractivity (Wildman–Crippen MR) is 144 cm³/mol. The van der Waals surface area contributed by atoms with Crippen molar-refractivity contribution in [3.8, 4) is 11.1 Å². The number of pyridine rings is 1. The van der Waals surface area contributed by atoms with E-state index in [0.29, 0.717) is 32.2 Å². The minimum Gasteiger partial charge on any atom is -0.383 e. The lowest BCUT2D eigenvalue weighted by Crippen LogP contribution is -2.56. The molecule has 1 fully saturated rings. The topological polar surface area (TPSA) is 108 Å². The highest BCUT2D eigenvalue weighted by Gasteiger charge is 2.28. The van der Waals surface area contributed by atoms with Gasteiger partial charge >= 0.3 is 0 Å². The van der Waals surface area contributed by atoms with E-state index in [1.165, 1.54) is 5.56 Å². The lowest BCUT2D eigenvalue weighted by atomic mass is 10.1. The molecule has 194 valence electrons. The number of hydrogen-bond acceptors (Lipinski definition) is 9. The minimum absolute atomic E-state index is 0.0535. The molecular formula is C27H34N8O2. The van der Waals surface area contributed by atoms with Crippen molar-refractivity contribution in [2.75, 3.05) is 63.6 Å². The van der Waals surface area contributed by atoms with Crippen LogP contribution in [-0.2, 0) is 16.1 Å². The van der Waals surface area contributed by atoms with Crippen LogP contribution in [-0.4, -0.2) is 89.7 Å². The third-order valence-corrected chi connectivity index (χ3v) is 6.70. The fourth-order valence-electron chi connectivity index (χ4n) is 4.81. The molecule has 10 nitrogen and oxygen atoms in total. The number of nitrogens with zero attached hydrogens (tertiary/aromatic N) is 5. The Morgan fingerprint density at radius 3 is 2.73 bits per heavy atom. The predicted octanol–water partition coefficient (Wildman–Crippen LogP) is 2.35. The number of rotatable bonds is 2. The van der Waals surface area contributed by atoms with E-state index >= 15 is 0 Å². The van der Waals surface area contributed by atoms with Gasteiger partial charge in [-0.3, -0.25) is 14.6 Å². The first-order chi connectivity index (χ1) is 18.2. The molecule has 5 aliphatic heterocycles. The van der Waals surface area contributed by atoms with Crippen molar-refractivity contribution in [2.45, 2.75) is 19.0 Å². The Morgan fingerprint density at radius 2 is 1.86 bits per heavy atom. The van der Waals surface area contributed by atoms with Crippen molar-refractivity contribution in [3.63, 3.8) is 0 Å². The van der Waals surface area contributed by atoms with E-state index in [1.807, 2.05) is 18.2 Å². The molecule has 37 heavy (non-hydrogen) atoms. The van der Waals surface area contributed by atoms with Gasteiger partial charge in [-0.2, -0.15) is 0 Å². The number of methoxy groups -OCH3 is 1. The summed E-state index contributed by atoms with van der Waals surface area (Å²) in [6.07, 6.45) is 6.19. The van der Waals surface area contributed by atoms with Gasteiger partial charge in [-0.05, 0) is 41.8 Å². The number of amides is 1. The van der Waals surface area contributed by atoms with Crippen LogP contribution in [0.1, 0.15) is 12.0 Å². The number of ether oxygens (including phenoxy) is 1. The minimum atomic E-state index is 0.0535. The summed E-state index contributed by atoms with van der Waals surface area (Å²) in [6, 6.07) is 12.6. The third kappa shape index (κ3) is 6.79. The smallest absolute Gasteiger partial charge is 0.234 e. The summed E-state index contributed by atoms with van der Waals surface area (Å²) in [5.74, 6) is 1.38. The van der Waals surface area contributed by atoms with Crippen molar-refractivity contribution in [3.05, 3.63) is 60.6 Å². The van der Waals surface area contributed by atoms with E-state index in [4.69, 9.17) is 4.74 Å². The maximum atomic E-state index is 12.5. The van der Waals surface area contributed by atoms with Crippen molar-refractivity contribution in [2.24, 2.45) is 0 Å². The molecule has 1 amide bonds. The number of carbonyl (C=O) groups is 1. The SMILES string of the molecule is COCC1CN2CCN1Cc1cccc(c1)Nc1cc(ccn1)-c1cnc(nc1)NCCCNC(=O)C2. The van der Waals surface area contributed by atoms with Gasteiger partial charge in [0.15, 0.2) is 0 Å². The molecule has 3 atom stereocenters. The second-order valence-corrected chi connectivity index (χ2v) is 9.50. The van der Waals surface area contributed by atoms with Gasteiger partial charge in [-0.25, -0.2) is 15.0 Å². The molecule has 3 unspecified atom stereocenters. The lowest BCUT2D eigenvalue weighted by molar-refractivity contribution is -0.123. The Morgan fingerprint density at radius 1 is 1.00 bits per heavy atom. The molecule has 5 aliphatic rings. The normalized spacial score (nSPS) is 22.5. The first-order valence-electron chi connectivity index (χ1n) is 12.8. The van der Waals surface area contributed by atoms with Crippen molar-refractivity contribution >= 4 is 23.4 Å². The third-order valence-electron chi connectivity index (χ3n) is 6.70. The van der Waals surface area contributed by atoms with Crippen LogP contribution >= 0.6 is 0 Å². The largest absolute Gasteiger partial charge is 0.383 e. The van der Waals surface area contributed by atoms with Crippen LogP contribution in [0, 0.1) is 0 Å². The molecule has 1 saturated heterocycles. The average Bonchev–Trinajstić information content (AvgIpc) is 2.90. The van der Waals surface area contributed by atoms with E-state index in [0.717, 1.165) is 55.2 Å². The lowest BCUT2D eigenvalue weighted by Gasteiger charge is -2.41. The molecule has 8 bridgehead atoms. The molecule has 10 heteroatoms. The molecule has 3 aromatic rings. The zero-order valence-electron chi connectivity index (χ0n) is 21.2. The number of hydrogen-bond donors (Lipinski definition) is 3. The van der Waals surface area contributed by atoms with Crippen LogP contribution in [0.15, 0.2) is 55.0 Å². The van der Waals surface area contributed by atoms with Crippen LogP contribution in [0.3, 0.4) is 0 Å². The second-order valence-electron chi connectivity index (χ2n) is 9.50. The van der Waals surface area contributed by atoms with Crippen molar-refractivity contribution in [1.29, 1.82) is 0 Å². The average molecular weight is 503 g/mol. The molecule has 2 aromatic heterocycles. The molecule has 0 aliphatic carbocycles. The van der Waals surface area contributed by atoms with E-state index in [-0.39, 0.29) is 11.9 Å². The van der Waals surface area contributed by atoms with Gasteiger partial charge in [0.05, 0.1) is 13.2 Å². The molecule has 0 saturated carbocycles. The summed E-state index contributed by atoms with van der Waals surface area (Å²) in [5.41, 5.74) is 4.10. The summed E-state index contributed by atoms with van der Waals surface area (Å²) < 4.78 is 5.54. The number of benzene rings is 1. The monoisotopic (exact) mass is 502 g/mol. The standard InChI is InChI=1S/C27H34N8O2/c1-37-19-24-17-34-10-11-35(24)16-20-4-2-5-23(12-20)33-25-13-21(6-9-28-25)22-14-31-27(32-15-22)30-8-3-7-29-26(36)18-34/h2,4-6,9,12-15,24H,3,7-8,10-11,16-19H2,1H3,(H,28,33)(H,29,36)(H,30,31,32). The number of piperazine rings is 1. The Labute approximate surface area is 217 Å². The fourth-order valence-corrected chi connectivity index (χ4v) is 4.81. The van der Waals surface area contributed by atoms with E-state index < -0.39 is 0 Å². The van der Waals surface area contributed by atoms with E-state index in [9.17, 15) is 4.79 Å². The summed E-state index contributed by atoms with van der Waals surface area (Å²) in [6.45, 7) is 5.64. The highest BCUT2D eigenvalue weighted by atomic mass is 16.5. The molecule has 0 radical (unpaired) electrons. The van der Waals surface area contributed by atoms with Crippen LogP contribution in [0.2, 0.25) is 0 Å². The first-order valence-corrected chi connectivity index (χ1v) is 12.8. The summed E-state index contributed by atoms with van der Waals surface area (Å²) in [4.78, 5) is 30.6. The zero-order chi connectivity index (χ0) is 25.5. The van der Waals surface area contributed by atoms with Crippen LogP contribution in [0.5, 0.6) is 0 Å². The Kier molecular flexibility index (Phi) is 8.19. The van der Waals surface area contributed by atoms with Gasteiger partial charge in [0, 0.05) is 82.3 Å². The van der Waals surface area contributed by atoms with E-state index in [1.54, 1.807) is 25.7 Å². The Hall–Kier alpha value is -3.60. The maximum Gasteiger partial charge on any atom is 0.234 e. The van der Waals surface area contributed by atoms with Gasteiger partial charge in [0.25, 0.3) is 0 Å². The highest BCUT2D eigenvalue weighted by molar-refractivity contribution is 5.78. The maximum absolute atomic E-state index is 12.5.